The zero-order valence-electron chi connectivity index (χ0n) is 19.2. The number of hydrogen-bond acceptors (Lipinski definition) is 4. The number of nitrogens with one attached hydrogen (secondary N) is 1. The first kappa shape index (κ1) is 23.6. The van der Waals surface area contributed by atoms with Gasteiger partial charge in [0.25, 0.3) is 5.91 Å². The van der Waals surface area contributed by atoms with Crippen LogP contribution in [0.1, 0.15) is 29.0 Å². The number of aryl methyl sites for hydroxylation is 1. The fraction of sp³-hybridized carbons (Fsp3) is 0.259. The number of unbranched alkanes of at least 4 members (excludes halogenated alkanes) is 1. The Morgan fingerprint density at radius 3 is 2.71 bits per heavy atom. The number of halogens is 1. The Bertz CT molecular complexity index is 1250. The molecule has 7 heteroatoms. The molecule has 0 spiro atoms. The number of rotatable bonds is 11. The van der Waals surface area contributed by atoms with E-state index < -0.39 is 0 Å². The number of imidazole rings is 1. The molecule has 0 saturated carbocycles. The van der Waals surface area contributed by atoms with Gasteiger partial charge in [-0.15, -0.1) is 0 Å². The van der Waals surface area contributed by atoms with Crippen LogP contribution in [0.25, 0.3) is 11.0 Å². The fourth-order valence-corrected chi connectivity index (χ4v) is 4.03. The number of aromatic nitrogens is 2. The van der Waals surface area contributed by atoms with E-state index >= 15 is 0 Å². The minimum atomic E-state index is -0.127. The van der Waals surface area contributed by atoms with Gasteiger partial charge in [-0.3, -0.25) is 4.79 Å². The molecule has 1 amide bonds. The average molecular weight is 478 g/mol. The van der Waals surface area contributed by atoms with Crippen molar-refractivity contribution in [2.24, 2.45) is 0 Å². The Morgan fingerprint density at radius 1 is 1.03 bits per heavy atom. The van der Waals surface area contributed by atoms with Crippen molar-refractivity contribution in [2.45, 2.75) is 25.8 Å². The molecule has 0 saturated heterocycles. The van der Waals surface area contributed by atoms with Crippen molar-refractivity contribution in [3.8, 4) is 11.5 Å². The van der Waals surface area contributed by atoms with Crippen molar-refractivity contribution in [3.05, 3.63) is 89.2 Å². The first-order valence-corrected chi connectivity index (χ1v) is 11.8. The van der Waals surface area contributed by atoms with Crippen LogP contribution in [0.4, 0.5) is 0 Å². The van der Waals surface area contributed by atoms with Gasteiger partial charge in [-0.25, -0.2) is 4.98 Å². The topological polar surface area (TPSA) is 65.4 Å². The molecule has 34 heavy (non-hydrogen) atoms. The molecule has 176 valence electrons. The van der Waals surface area contributed by atoms with Gasteiger partial charge < -0.3 is 19.4 Å². The lowest BCUT2D eigenvalue weighted by Gasteiger charge is -2.11. The van der Waals surface area contributed by atoms with E-state index in [-0.39, 0.29) is 5.91 Å². The molecule has 0 aliphatic rings. The third kappa shape index (κ3) is 5.88. The third-order valence-corrected chi connectivity index (χ3v) is 5.88. The van der Waals surface area contributed by atoms with Gasteiger partial charge in [-0.2, -0.15) is 0 Å². The lowest BCUT2D eigenvalue weighted by Crippen LogP contribution is -2.26. The van der Waals surface area contributed by atoms with Gasteiger partial charge in [-0.1, -0.05) is 41.9 Å². The smallest absolute Gasteiger partial charge is 0.251 e. The van der Waals surface area contributed by atoms with E-state index in [2.05, 4.69) is 16.0 Å². The molecule has 4 aromatic rings. The Hall–Kier alpha value is -3.51. The van der Waals surface area contributed by atoms with E-state index in [0.717, 1.165) is 36.2 Å². The number of carbonyl (C=O) groups excluding carboxylic acids is 1. The molecule has 1 N–H and O–H groups in total. The molecular formula is C27H28ClN3O3. The van der Waals surface area contributed by atoms with Crippen molar-refractivity contribution in [1.82, 2.24) is 14.9 Å². The van der Waals surface area contributed by atoms with E-state index in [4.69, 9.17) is 26.1 Å². The highest BCUT2D eigenvalue weighted by molar-refractivity contribution is 6.32. The van der Waals surface area contributed by atoms with Crippen LogP contribution in [0, 0.1) is 0 Å². The number of nitrogens with zero attached hydrogens (tertiary/aromatic N) is 2. The van der Waals surface area contributed by atoms with E-state index in [9.17, 15) is 4.79 Å². The molecule has 6 nitrogen and oxygen atoms in total. The van der Waals surface area contributed by atoms with Gasteiger partial charge in [0.15, 0.2) is 0 Å². The van der Waals surface area contributed by atoms with Gasteiger partial charge in [-0.05, 0) is 55.3 Å². The lowest BCUT2D eigenvalue weighted by atomic mass is 10.2. The van der Waals surface area contributed by atoms with E-state index in [1.165, 1.54) is 0 Å². The largest absolute Gasteiger partial charge is 0.497 e. The molecule has 0 aliphatic heterocycles. The van der Waals surface area contributed by atoms with Gasteiger partial charge in [0.2, 0.25) is 0 Å². The SMILES string of the molecule is COc1cccc(C(=O)NCCc2nc3ccccc3n2CCCCOc2ccccc2Cl)c1. The molecule has 0 atom stereocenters. The summed E-state index contributed by atoms with van der Waals surface area (Å²) in [6.45, 7) is 1.92. The van der Waals surface area contributed by atoms with Crippen LogP contribution < -0.4 is 14.8 Å². The minimum absolute atomic E-state index is 0.127. The number of amides is 1. The standard InChI is InChI=1S/C27H28ClN3O3/c1-33-21-10-8-9-20(19-21)27(32)29-16-15-26-30-23-12-3-4-13-24(23)31(26)17-6-7-18-34-25-14-5-2-11-22(25)28/h2-5,8-14,19H,6-7,15-18H2,1H3,(H,29,32). The summed E-state index contributed by atoms with van der Waals surface area (Å²) in [4.78, 5) is 17.3. The third-order valence-electron chi connectivity index (χ3n) is 5.57. The number of carbonyl (C=O) groups is 1. The molecule has 4 rings (SSSR count). The van der Waals surface area contributed by atoms with Crippen LogP contribution in [0.5, 0.6) is 11.5 Å². The maximum absolute atomic E-state index is 12.5. The number of hydrogen-bond donors (Lipinski definition) is 1. The molecule has 0 aliphatic carbocycles. The van der Waals surface area contributed by atoms with Gasteiger partial charge in [0.05, 0.1) is 29.8 Å². The highest BCUT2D eigenvalue weighted by Gasteiger charge is 2.12. The van der Waals surface area contributed by atoms with Crippen LogP contribution in [-0.4, -0.2) is 35.7 Å². The first-order chi connectivity index (χ1) is 16.7. The summed E-state index contributed by atoms with van der Waals surface area (Å²) in [6, 6.07) is 22.8. The molecule has 3 aromatic carbocycles. The molecule has 0 unspecified atom stereocenters. The predicted molar refractivity (Wildman–Crippen MR) is 135 cm³/mol. The summed E-state index contributed by atoms with van der Waals surface area (Å²) in [5, 5.41) is 3.62. The predicted octanol–water partition coefficient (Wildman–Crippen LogP) is 5.53. The van der Waals surface area contributed by atoms with Crippen molar-refractivity contribution >= 4 is 28.5 Å². The highest BCUT2D eigenvalue weighted by Crippen LogP contribution is 2.23. The lowest BCUT2D eigenvalue weighted by molar-refractivity contribution is 0.0953. The van der Waals surface area contributed by atoms with Crippen molar-refractivity contribution < 1.29 is 14.3 Å². The summed E-state index contributed by atoms with van der Waals surface area (Å²) < 4.78 is 13.3. The van der Waals surface area contributed by atoms with Gasteiger partial charge in [0, 0.05) is 25.1 Å². The summed E-state index contributed by atoms with van der Waals surface area (Å²) >= 11 is 6.16. The zero-order chi connectivity index (χ0) is 23.8. The summed E-state index contributed by atoms with van der Waals surface area (Å²) in [5.41, 5.74) is 2.64. The number of para-hydroxylation sites is 3. The number of benzene rings is 3. The maximum Gasteiger partial charge on any atom is 0.251 e. The number of ether oxygens (including phenoxy) is 2. The van der Waals surface area contributed by atoms with Crippen molar-refractivity contribution in [3.63, 3.8) is 0 Å². The Labute approximate surface area is 204 Å². The minimum Gasteiger partial charge on any atom is -0.497 e. The number of methoxy groups -OCH3 is 1. The molecule has 0 fully saturated rings. The van der Waals surface area contributed by atoms with Crippen molar-refractivity contribution in [2.75, 3.05) is 20.3 Å². The van der Waals surface area contributed by atoms with Crippen LogP contribution in [0.2, 0.25) is 5.02 Å². The second kappa shape index (κ2) is 11.6. The van der Waals surface area contributed by atoms with Gasteiger partial charge in [0.1, 0.15) is 17.3 Å². The number of fused-ring (bicyclic) bond motifs is 1. The van der Waals surface area contributed by atoms with Crippen LogP contribution in [0.3, 0.4) is 0 Å². The summed E-state index contributed by atoms with van der Waals surface area (Å²) in [7, 11) is 1.59. The monoisotopic (exact) mass is 477 g/mol. The normalized spacial score (nSPS) is 10.9. The van der Waals surface area contributed by atoms with E-state index in [0.29, 0.717) is 41.7 Å². The second-order valence-corrected chi connectivity index (χ2v) is 8.30. The molecule has 0 radical (unpaired) electrons. The molecule has 0 bridgehead atoms. The zero-order valence-corrected chi connectivity index (χ0v) is 19.9. The van der Waals surface area contributed by atoms with Crippen LogP contribution in [0.15, 0.2) is 72.8 Å². The molecule has 1 aromatic heterocycles. The summed E-state index contributed by atoms with van der Waals surface area (Å²) in [6.07, 6.45) is 2.47. The van der Waals surface area contributed by atoms with Gasteiger partial charge >= 0.3 is 0 Å². The quantitative estimate of drug-likeness (QED) is 0.288. The van der Waals surface area contributed by atoms with E-state index in [1.807, 2.05) is 54.6 Å². The Kier molecular flexibility index (Phi) is 8.04. The van der Waals surface area contributed by atoms with Crippen LogP contribution >= 0.6 is 11.6 Å². The maximum atomic E-state index is 12.5. The average Bonchev–Trinajstić information content (AvgIpc) is 3.22. The van der Waals surface area contributed by atoms with E-state index in [1.54, 1.807) is 19.2 Å². The first-order valence-electron chi connectivity index (χ1n) is 11.4. The fourth-order valence-electron chi connectivity index (χ4n) is 3.84. The Morgan fingerprint density at radius 2 is 1.85 bits per heavy atom. The molecule has 1 heterocycles. The van der Waals surface area contributed by atoms with Crippen molar-refractivity contribution in [1.29, 1.82) is 0 Å². The van der Waals surface area contributed by atoms with Crippen LogP contribution in [-0.2, 0) is 13.0 Å². The summed E-state index contributed by atoms with van der Waals surface area (Å²) in [5.74, 6) is 2.20. The molecular weight excluding hydrogens is 450 g/mol. The second-order valence-electron chi connectivity index (χ2n) is 7.89. The highest BCUT2D eigenvalue weighted by atomic mass is 35.5. The Balaban J connectivity index is 1.34.